The minimum atomic E-state index is -3.64. The number of benzene rings is 3. The number of morpholine rings is 1. The second-order valence-electron chi connectivity index (χ2n) is 8.84. The van der Waals surface area contributed by atoms with Gasteiger partial charge in [-0.25, -0.2) is 13.1 Å². The lowest BCUT2D eigenvalue weighted by molar-refractivity contribution is 0.0730. The number of hydrogen-bond donors (Lipinski definition) is 0. The average Bonchev–Trinajstić information content (AvgIpc) is 2.88. The number of aryl methyl sites for hydroxylation is 2. The molecule has 2 heterocycles. The highest BCUT2D eigenvalue weighted by atomic mass is 32.2. The fraction of sp³-hybridized carbons (Fsp3) is 0.259. The van der Waals surface area contributed by atoms with Crippen LogP contribution in [-0.2, 0) is 21.3 Å². The lowest BCUT2D eigenvalue weighted by Crippen LogP contribution is -2.40. The maximum absolute atomic E-state index is 13.4. The van der Waals surface area contributed by atoms with Gasteiger partial charge >= 0.3 is 0 Å². The first-order valence-corrected chi connectivity index (χ1v) is 13.0. The van der Waals surface area contributed by atoms with E-state index in [1.807, 2.05) is 44.2 Å². The number of fused-ring (bicyclic) bond motifs is 1. The Labute approximate surface area is 204 Å². The lowest BCUT2D eigenvalue weighted by atomic mass is 9.99. The van der Waals surface area contributed by atoms with E-state index in [9.17, 15) is 13.2 Å². The normalized spacial score (nSPS) is 14.9. The third-order valence-electron chi connectivity index (χ3n) is 6.35. The summed E-state index contributed by atoms with van der Waals surface area (Å²) in [5, 5.41) is 6.15. The van der Waals surface area contributed by atoms with Crippen LogP contribution in [0, 0.1) is 13.8 Å². The van der Waals surface area contributed by atoms with Crippen molar-refractivity contribution in [2.75, 3.05) is 26.3 Å². The molecule has 35 heavy (non-hydrogen) atoms. The fourth-order valence-corrected chi connectivity index (χ4v) is 5.92. The quantitative estimate of drug-likeness (QED) is 0.427. The van der Waals surface area contributed by atoms with Crippen LogP contribution >= 0.6 is 0 Å². The average molecular weight is 490 g/mol. The Morgan fingerprint density at radius 3 is 2.43 bits per heavy atom. The Bertz CT molecular complexity index is 1570. The zero-order valence-corrected chi connectivity index (χ0v) is 20.6. The van der Waals surface area contributed by atoms with Crippen molar-refractivity contribution in [1.29, 1.82) is 0 Å². The second kappa shape index (κ2) is 9.37. The van der Waals surface area contributed by atoms with Gasteiger partial charge in [-0.05, 0) is 49.2 Å². The van der Waals surface area contributed by atoms with Gasteiger partial charge in [-0.2, -0.15) is 9.40 Å². The van der Waals surface area contributed by atoms with Crippen LogP contribution in [0.15, 0.2) is 76.4 Å². The molecular formula is C27H27N3O4S. The Balaban J connectivity index is 1.59. The Hall–Kier alpha value is -3.33. The van der Waals surface area contributed by atoms with Crippen LogP contribution in [0.4, 0.5) is 0 Å². The van der Waals surface area contributed by atoms with Crippen molar-refractivity contribution in [3.8, 4) is 11.3 Å². The summed E-state index contributed by atoms with van der Waals surface area (Å²) in [4.78, 5) is 13.6. The molecule has 5 rings (SSSR count). The van der Waals surface area contributed by atoms with E-state index in [4.69, 9.17) is 9.84 Å². The number of aromatic nitrogens is 2. The predicted molar refractivity (Wildman–Crippen MR) is 136 cm³/mol. The molecule has 0 N–H and O–H groups in total. The highest BCUT2D eigenvalue weighted by Crippen LogP contribution is 2.28. The molecule has 4 aromatic rings. The summed E-state index contributed by atoms with van der Waals surface area (Å²) in [5.41, 5.74) is 4.36. The minimum Gasteiger partial charge on any atom is -0.379 e. The molecule has 1 saturated heterocycles. The van der Waals surface area contributed by atoms with Crippen molar-refractivity contribution in [3.05, 3.63) is 93.8 Å². The number of ether oxygens (including phenoxy) is 1. The first-order chi connectivity index (χ1) is 16.8. The molecule has 0 spiro atoms. The third kappa shape index (κ3) is 4.52. The summed E-state index contributed by atoms with van der Waals surface area (Å²) in [6.45, 7) is 5.65. The first-order valence-electron chi connectivity index (χ1n) is 11.6. The van der Waals surface area contributed by atoms with Gasteiger partial charge in [0.25, 0.3) is 5.56 Å². The molecule has 0 radical (unpaired) electrons. The fourth-order valence-electron chi connectivity index (χ4n) is 4.45. The van der Waals surface area contributed by atoms with E-state index in [1.165, 1.54) is 8.99 Å². The summed E-state index contributed by atoms with van der Waals surface area (Å²) in [7, 11) is -3.64. The zero-order valence-electron chi connectivity index (χ0n) is 19.8. The van der Waals surface area contributed by atoms with Crippen molar-refractivity contribution < 1.29 is 13.2 Å². The van der Waals surface area contributed by atoms with Crippen molar-refractivity contribution in [1.82, 2.24) is 14.1 Å². The molecule has 0 unspecified atom stereocenters. The van der Waals surface area contributed by atoms with Gasteiger partial charge in [0.1, 0.15) is 0 Å². The largest absolute Gasteiger partial charge is 0.379 e. The van der Waals surface area contributed by atoms with Gasteiger partial charge in [0.2, 0.25) is 10.0 Å². The predicted octanol–water partition coefficient (Wildman–Crippen LogP) is 3.75. The molecule has 8 heteroatoms. The van der Waals surface area contributed by atoms with Gasteiger partial charge in [0, 0.05) is 24.0 Å². The highest BCUT2D eigenvalue weighted by Gasteiger charge is 2.26. The SMILES string of the molecule is Cc1ccc(C)c(-c2nn(Cc3cccc(S(=O)(=O)N4CCOCC4)c3)c(=O)c3ccccc23)c1. The molecular weight excluding hydrogens is 462 g/mol. The van der Waals surface area contributed by atoms with Crippen molar-refractivity contribution in [3.63, 3.8) is 0 Å². The molecule has 0 aliphatic carbocycles. The Kier molecular flexibility index (Phi) is 6.27. The van der Waals surface area contributed by atoms with E-state index >= 15 is 0 Å². The Morgan fingerprint density at radius 1 is 0.914 bits per heavy atom. The van der Waals surface area contributed by atoms with E-state index in [2.05, 4.69) is 18.2 Å². The number of sulfonamides is 1. The number of rotatable bonds is 5. The molecule has 7 nitrogen and oxygen atoms in total. The summed E-state index contributed by atoms with van der Waals surface area (Å²) in [5.74, 6) is 0. The van der Waals surface area contributed by atoms with Crippen LogP contribution in [-0.4, -0.2) is 48.8 Å². The topological polar surface area (TPSA) is 81.5 Å². The van der Waals surface area contributed by atoms with Gasteiger partial charge in [0.05, 0.1) is 35.7 Å². The third-order valence-corrected chi connectivity index (χ3v) is 8.25. The van der Waals surface area contributed by atoms with Crippen LogP contribution in [0.1, 0.15) is 16.7 Å². The van der Waals surface area contributed by atoms with Gasteiger partial charge in [-0.3, -0.25) is 4.79 Å². The molecule has 1 aliphatic rings. The maximum Gasteiger partial charge on any atom is 0.274 e. The number of nitrogens with zero attached hydrogens (tertiary/aromatic N) is 3. The van der Waals surface area contributed by atoms with Gasteiger partial charge < -0.3 is 4.74 Å². The summed E-state index contributed by atoms with van der Waals surface area (Å²) < 4.78 is 34.4. The molecule has 1 fully saturated rings. The summed E-state index contributed by atoms with van der Waals surface area (Å²) in [6.07, 6.45) is 0. The number of hydrogen-bond acceptors (Lipinski definition) is 5. The maximum atomic E-state index is 13.4. The molecule has 1 aromatic heterocycles. The van der Waals surface area contributed by atoms with Crippen LogP contribution in [0.3, 0.4) is 0 Å². The van der Waals surface area contributed by atoms with E-state index in [0.29, 0.717) is 37.3 Å². The lowest BCUT2D eigenvalue weighted by Gasteiger charge is -2.26. The minimum absolute atomic E-state index is 0.161. The zero-order chi connectivity index (χ0) is 24.6. The second-order valence-corrected chi connectivity index (χ2v) is 10.8. The van der Waals surface area contributed by atoms with Gasteiger partial charge in [0.15, 0.2) is 0 Å². The van der Waals surface area contributed by atoms with Crippen molar-refractivity contribution in [2.24, 2.45) is 0 Å². The van der Waals surface area contributed by atoms with Crippen LogP contribution < -0.4 is 5.56 Å². The van der Waals surface area contributed by atoms with Gasteiger partial charge in [-0.15, -0.1) is 0 Å². The van der Waals surface area contributed by atoms with E-state index < -0.39 is 10.0 Å². The molecule has 0 saturated carbocycles. The van der Waals surface area contributed by atoms with Crippen LogP contribution in [0.5, 0.6) is 0 Å². The summed E-state index contributed by atoms with van der Waals surface area (Å²) in [6, 6.07) is 20.4. The molecule has 180 valence electrons. The highest BCUT2D eigenvalue weighted by molar-refractivity contribution is 7.89. The van der Waals surface area contributed by atoms with Crippen LogP contribution in [0.25, 0.3) is 22.0 Å². The smallest absolute Gasteiger partial charge is 0.274 e. The van der Waals surface area contributed by atoms with Crippen molar-refractivity contribution >= 4 is 20.8 Å². The molecule has 0 amide bonds. The van der Waals surface area contributed by atoms with Crippen molar-refractivity contribution in [2.45, 2.75) is 25.3 Å². The van der Waals surface area contributed by atoms with Gasteiger partial charge in [-0.1, -0.05) is 48.0 Å². The molecule has 0 bridgehead atoms. The monoisotopic (exact) mass is 489 g/mol. The first kappa shape index (κ1) is 23.4. The standard InChI is InChI=1S/C27H27N3O4S/c1-19-10-11-20(2)25(16-19)26-23-8-3-4-9-24(23)27(31)30(28-26)18-21-6-5-7-22(17-21)35(32,33)29-12-14-34-15-13-29/h3-11,16-17H,12-15,18H2,1-2H3. The van der Waals surface area contributed by atoms with E-state index in [-0.39, 0.29) is 17.0 Å². The van der Waals surface area contributed by atoms with E-state index in [0.717, 1.165) is 27.8 Å². The molecule has 1 aliphatic heterocycles. The summed E-state index contributed by atoms with van der Waals surface area (Å²) >= 11 is 0. The molecule has 3 aromatic carbocycles. The van der Waals surface area contributed by atoms with Crippen LogP contribution in [0.2, 0.25) is 0 Å². The Morgan fingerprint density at radius 2 is 1.66 bits per heavy atom. The van der Waals surface area contributed by atoms with E-state index in [1.54, 1.807) is 18.2 Å². The molecule has 0 atom stereocenters.